The molecule has 0 aliphatic heterocycles. The number of imidazole rings is 1. The maximum Gasteiger partial charge on any atom is 0.224 e. The van der Waals surface area contributed by atoms with Crippen LogP contribution in [0.1, 0.15) is 12.0 Å². The Morgan fingerprint density at radius 3 is 2.73 bits per heavy atom. The van der Waals surface area contributed by atoms with Crippen molar-refractivity contribution >= 4 is 11.6 Å². The number of H-pyrrole nitrogens is 1. The number of amides is 1. The maximum absolute atomic E-state index is 12.0. The molecule has 0 aliphatic carbocycles. The minimum atomic E-state index is 0.0143. The Labute approximate surface area is 129 Å². The van der Waals surface area contributed by atoms with Gasteiger partial charge in [-0.2, -0.15) is 0 Å². The van der Waals surface area contributed by atoms with Crippen molar-refractivity contribution in [3.05, 3.63) is 72.6 Å². The molecule has 0 atom stereocenters. The molecular formula is C18H17N3O. The molecule has 2 N–H and O–H groups in total. The zero-order chi connectivity index (χ0) is 15.2. The normalized spacial score (nSPS) is 10.4. The van der Waals surface area contributed by atoms with E-state index in [2.05, 4.69) is 15.3 Å². The maximum atomic E-state index is 12.0. The highest BCUT2D eigenvalue weighted by atomic mass is 16.1. The highest BCUT2D eigenvalue weighted by Crippen LogP contribution is 2.19. The number of carbonyl (C=O) groups is 1. The third-order valence-electron chi connectivity index (χ3n) is 3.40. The van der Waals surface area contributed by atoms with E-state index in [9.17, 15) is 4.79 Å². The van der Waals surface area contributed by atoms with Crippen LogP contribution in [-0.2, 0) is 11.2 Å². The van der Waals surface area contributed by atoms with Gasteiger partial charge in [-0.3, -0.25) is 4.79 Å². The smallest absolute Gasteiger partial charge is 0.224 e. The lowest BCUT2D eigenvalue weighted by Gasteiger charge is -2.07. The first-order valence-electron chi connectivity index (χ1n) is 7.25. The number of carbonyl (C=O) groups excluding carboxylic acids is 1. The first-order valence-corrected chi connectivity index (χ1v) is 7.25. The highest BCUT2D eigenvalue weighted by Gasteiger charge is 2.05. The van der Waals surface area contributed by atoms with E-state index < -0.39 is 0 Å². The monoisotopic (exact) mass is 291 g/mol. The molecule has 0 fully saturated rings. The number of hydrogen-bond donors (Lipinski definition) is 2. The van der Waals surface area contributed by atoms with Crippen molar-refractivity contribution in [2.45, 2.75) is 12.8 Å². The van der Waals surface area contributed by atoms with Crippen molar-refractivity contribution in [1.82, 2.24) is 9.97 Å². The van der Waals surface area contributed by atoms with E-state index in [4.69, 9.17) is 0 Å². The number of benzene rings is 2. The average molecular weight is 291 g/mol. The number of aryl methyl sites for hydroxylation is 1. The molecular weight excluding hydrogens is 274 g/mol. The fourth-order valence-electron chi connectivity index (χ4n) is 2.29. The van der Waals surface area contributed by atoms with Crippen LogP contribution in [-0.4, -0.2) is 15.9 Å². The zero-order valence-electron chi connectivity index (χ0n) is 12.1. The molecule has 0 aliphatic rings. The van der Waals surface area contributed by atoms with E-state index in [-0.39, 0.29) is 5.91 Å². The van der Waals surface area contributed by atoms with E-state index >= 15 is 0 Å². The number of aromatic nitrogens is 2. The van der Waals surface area contributed by atoms with Gasteiger partial charge in [-0.1, -0.05) is 42.5 Å². The molecule has 3 aromatic rings. The molecule has 110 valence electrons. The summed E-state index contributed by atoms with van der Waals surface area (Å²) in [7, 11) is 0. The van der Waals surface area contributed by atoms with Gasteiger partial charge in [-0.15, -0.1) is 0 Å². The Morgan fingerprint density at radius 2 is 1.95 bits per heavy atom. The zero-order valence-corrected chi connectivity index (χ0v) is 12.1. The third kappa shape index (κ3) is 3.61. The average Bonchev–Trinajstić information content (AvgIpc) is 3.09. The summed E-state index contributed by atoms with van der Waals surface area (Å²) in [6, 6.07) is 17.7. The molecule has 1 amide bonds. The summed E-state index contributed by atoms with van der Waals surface area (Å²) in [6.45, 7) is 0. The standard InChI is InChI=1S/C18H17N3O/c22-17(10-9-14-5-2-1-3-6-14)21-16-8-4-7-15(13-16)18-19-11-12-20-18/h1-8,11-13H,9-10H2,(H,19,20)(H,21,22). The van der Waals surface area contributed by atoms with Crippen LogP contribution < -0.4 is 5.32 Å². The number of anilines is 1. The van der Waals surface area contributed by atoms with Gasteiger partial charge in [-0.25, -0.2) is 4.98 Å². The number of rotatable bonds is 5. The van der Waals surface area contributed by atoms with Gasteiger partial charge >= 0.3 is 0 Å². The van der Waals surface area contributed by atoms with E-state index in [1.165, 1.54) is 5.56 Å². The molecule has 4 nitrogen and oxygen atoms in total. The van der Waals surface area contributed by atoms with E-state index in [1.54, 1.807) is 12.4 Å². The number of aromatic amines is 1. The van der Waals surface area contributed by atoms with Crippen molar-refractivity contribution < 1.29 is 4.79 Å². The second kappa shape index (κ2) is 6.72. The Morgan fingerprint density at radius 1 is 1.09 bits per heavy atom. The van der Waals surface area contributed by atoms with Gasteiger partial charge in [-0.05, 0) is 24.1 Å². The number of nitrogens with one attached hydrogen (secondary N) is 2. The fraction of sp³-hybridized carbons (Fsp3) is 0.111. The topological polar surface area (TPSA) is 57.8 Å². The predicted octanol–water partition coefficient (Wildman–Crippen LogP) is 3.65. The predicted molar refractivity (Wildman–Crippen MR) is 87.4 cm³/mol. The van der Waals surface area contributed by atoms with Crippen LogP contribution in [0, 0.1) is 0 Å². The molecule has 3 rings (SSSR count). The number of nitrogens with zero attached hydrogens (tertiary/aromatic N) is 1. The van der Waals surface area contributed by atoms with Gasteiger partial charge in [0, 0.05) is 30.1 Å². The van der Waals surface area contributed by atoms with Crippen LogP contribution in [0.3, 0.4) is 0 Å². The van der Waals surface area contributed by atoms with Gasteiger partial charge in [0.15, 0.2) is 0 Å². The first-order chi connectivity index (χ1) is 10.8. The minimum Gasteiger partial charge on any atom is -0.345 e. The lowest BCUT2D eigenvalue weighted by molar-refractivity contribution is -0.116. The lowest BCUT2D eigenvalue weighted by Crippen LogP contribution is -2.12. The molecule has 0 saturated heterocycles. The van der Waals surface area contributed by atoms with Crippen molar-refractivity contribution in [1.29, 1.82) is 0 Å². The van der Waals surface area contributed by atoms with Crippen LogP contribution in [0.15, 0.2) is 67.0 Å². The first kappa shape index (κ1) is 14.1. The Hall–Kier alpha value is -2.88. The number of hydrogen-bond acceptors (Lipinski definition) is 2. The van der Waals surface area contributed by atoms with Gasteiger partial charge in [0.2, 0.25) is 5.91 Å². The van der Waals surface area contributed by atoms with E-state index in [0.29, 0.717) is 6.42 Å². The summed E-state index contributed by atoms with van der Waals surface area (Å²) < 4.78 is 0. The van der Waals surface area contributed by atoms with Gasteiger partial charge in [0.25, 0.3) is 0 Å². The highest BCUT2D eigenvalue weighted by molar-refractivity contribution is 5.91. The second-order valence-corrected chi connectivity index (χ2v) is 5.05. The molecule has 0 saturated carbocycles. The summed E-state index contributed by atoms with van der Waals surface area (Å²) in [5.74, 6) is 0.806. The van der Waals surface area contributed by atoms with E-state index in [0.717, 1.165) is 23.5 Å². The molecule has 22 heavy (non-hydrogen) atoms. The molecule has 1 heterocycles. The Bertz CT molecular complexity index is 736. The van der Waals surface area contributed by atoms with Crippen molar-refractivity contribution in [3.8, 4) is 11.4 Å². The van der Waals surface area contributed by atoms with Gasteiger partial charge < -0.3 is 10.3 Å². The Balaban J connectivity index is 1.61. The van der Waals surface area contributed by atoms with Gasteiger partial charge in [0.05, 0.1) is 0 Å². The molecule has 0 radical (unpaired) electrons. The van der Waals surface area contributed by atoms with Crippen molar-refractivity contribution in [3.63, 3.8) is 0 Å². The molecule has 0 unspecified atom stereocenters. The molecule has 1 aromatic heterocycles. The Kier molecular flexibility index (Phi) is 4.30. The molecule has 4 heteroatoms. The quantitative estimate of drug-likeness (QED) is 0.754. The summed E-state index contributed by atoms with van der Waals surface area (Å²) in [4.78, 5) is 19.3. The fourth-order valence-corrected chi connectivity index (χ4v) is 2.29. The van der Waals surface area contributed by atoms with Crippen molar-refractivity contribution in [2.24, 2.45) is 0 Å². The largest absolute Gasteiger partial charge is 0.345 e. The lowest BCUT2D eigenvalue weighted by atomic mass is 10.1. The van der Waals surface area contributed by atoms with Crippen LogP contribution in [0.2, 0.25) is 0 Å². The molecule has 0 spiro atoms. The summed E-state index contributed by atoms with van der Waals surface area (Å²) >= 11 is 0. The molecule has 2 aromatic carbocycles. The summed E-state index contributed by atoms with van der Waals surface area (Å²) in [6.07, 6.45) is 4.69. The minimum absolute atomic E-state index is 0.0143. The van der Waals surface area contributed by atoms with Crippen LogP contribution >= 0.6 is 0 Å². The van der Waals surface area contributed by atoms with Crippen LogP contribution in [0.5, 0.6) is 0 Å². The summed E-state index contributed by atoms with van der Waals surface area (Å²) in [5, 5.41) is 2.93. The van der Waals surface area contributed by atoms with Gasteiger partial charge in [0.1, 0.15) is 5.82 Å². The van der Waals surface area contributed by atoms with Crippen LogP contribution in [0.25, 0.3) is 11.4 Å². The summed E-state index contributed by atoms with van der Waals surface area (Å²) in [5.41, 5.74) is 2.90. The third-order valence-corrected chi connectivity index (χ3v) is 3.40. The second-order valence-electron chi connectivity index (χ2n) is 5.05. The SMILES string of the molecule is O=C(CCc1ccccc1)Nc1cccc(-c2ncc[nH]2)c1. The molecule has 0 bridgehead atoms. The van der Waals surface area contributed by atoms with Crippen molar-refractivity contribution in [2.75, 3.05) is 5.32 Å². The van der Waals surface area contributed by atoms with E-state index in [1.807, 2.05) is 54.6 Å². The van der Waals surface area contributed by atoms with Crippen LogP contribution in [0.4, 0.5) is 5.69 Å².